The van der Waals surface area contributed by atoms with Gasteiger partial charge in [0.15, 0.2) is 0 Å². The maximum atomic E-state index is 14.2. The van der Waals surface area contributed by atoms with Crippen LogP contribution in [0, 0.1) is 5.82 Å². The summed E-state index contributed by atoms with van der Waals surface area (Å²) in [6.45, 7) is 7.04. The normalized spacial score (nSPS) is 12.6. The second kappa shape index (κ2) is 15.7. The van der Waals surface area contributed by atoms with Crippen LogP contribution in [0.25, 0.3) is 0 Å². The van der Waals surface area contributed by atoms with Crippen molar-refractivity contribution in [3.8, 4) is 5.75 Å². The summed E-state index contributed by atoms with van der Waals surface area (Å²) in [4.78, 5) is 64.1. The van der Waals surface area contributed by atoms with Gasteiger partial charge in [-0.2, -0.15) is 0 Å². The minimum Gasteiger partial charge on any atom is -0.491 e. The van der Waals surface area contributed by atoms with Crippen molar-refractivity contribution < 1.29 is 48.0 Å². The zero-order valence-electron chi connectivity index (χ0n) is 24.6. The highest BCUT2D eigenvalue weighted by Gasteiger charge is 2.31. The Morgan fingerprint density at radius 1 is 1.10 bits per heavy atom. The molecular formula is C27H41FN4O9. The number of rotatable bonds is 15. The van der Waals surface area contributed by atoms with E-state index in [1.54, 1.807) is 34.7 Å². The highest BCUT2D eigenvalue weighted by molar-refractivity contribution is 5.99. The topological polar surface area (TPSA) is 166 Å². The third-order valence-corrected chi connectivity index (χ3v) is 6.00. The van der Waals surface area contributed by atoms with Gasteiger partial charge in [-0.15, -0.1) is 0 Å². The predicted octanol–water partition coefficient (Wildman–Crippen LogP) is 1.90. The fraction of sp³-hybridized carbons (Fsp3) is 0.593. The summed E-state index contributed by atoms with van der Waals surface area (Å²) in [6, 6.07) is 1.39. The Balaban J connectivity index is 3.05. The molecule has 0 aliphatic carbocycles. The van der Waals surface area contributed by atoms with Gasteiger partial charge in [-0.25, -0.2) is 14.0 Å². The third-order valence-electron chi connectivity index (χ3n) is 6.00. The number of nitrogens with one attached hydrogen (secondary N) is 1. The van der Waals surface area contributed by atoms with Crippen molar-refractivity contribution in [1.82, 2.24) is 20.0 Å². The van der Waals surface area contributed by atoms with E-state index < -0.39 is 59.9 Å². The molecule has 3 N–H and O–H groups in total. The highest BCUT2D eigenvalue weighted by Crippen LogP contribution is 2.23. The summed E-state index contributed by atoms with van der Waals surface area (Å²) < 4.78 is 25.4. The van der Waals surface area contributed by atoms with Crippen molar-refractivity contribution >= 4 is 29.8 Å². The molecule has 0 saturated heterocycles. The van der Waals surface area contributed by atoms with Gasteiger partial charge in [0.1, 0.15) is 36.4 Å². The van der Waals surface area contributed by atoms with Crippen LogP contribution in [0.15, 0.2) is 18.2 Å². The van der Waals surface area contributed by atoms with E-state index in [1.165, 1.54) is 25.1 Å². The molecule has 230 valence electrons. The average Bonchev–Trinajstić information content (AvgIpc) is 2.87. The maximum absolute atomic E-state index is 14.2. The quantitative estimate of drug-likeness (QED) is 0.277. The van der Waals surface area contributed by atoms with Crippen molar-refractivity contribution in [3.05, 3.63) is 29.6 Å². The van der Waals surface area contributed by atoms with E-state index in [0.29, 0.717) is 6.54 Å². The summed E-state index contributed by atoms with van der Waals surface area (Å²) in [6.07, 6.45) is -1.14. The Labute approximate surface area is 239 Å². The number of likely N-dealkylation sites (N-methyl/N-ethyl adjacent to an activating group) is 4. The number of halogens is 1. The van der Waals surface area contributed by atoms with Crippen LogP contribution >= 0.6 is 0 Å². The summed E-state index contributed by atoms with van der Waals surface area (Å²) >= 11 is 0. The zero-order chi connectivity index (χ0) is 31.5. The minimum absolute atomic E-state index is 0.00905. The molecule has 1 aromatic carbocycles. The van der Waals surface area contributed by atoms with E-state index in [-0.39, 0.29) is 37.3 Å². The van der Waals surface area contributed by atoms with Gasteiger partial charge in [0, 0.05) is 33.6 Å². The van der Waals surface area contributed by atoms with Crippen LogP contribution in [-0.2, 0) is 19.1 Å². The van der Waals surface area contributed by atoms with E-state index in [1.807, 2.05) is 0 Å². The molecule has 0 aromatic heterocycles. The van der Waals surface area contributed by atoms with Crippen molar-refractivity contribution in [1.29, 1.82) is 0 Å². The molecule has 13 nitrogen and oxygen atoms in total. The summed E-state index contributed by atoms with van der Waals surface area (Å²) in [5, 5.41) is 21.6. The first kappa shape index (κ1) is 35.1. The van der Waals surface area contributed by atoms with E-state index in [9.17, 15) is 33.5 Å². The number of hydrogen-bond donors (Lipinski definition) is 3. The number of amides is 3. The molecule has 0 saturated carbocycles. The van der Waals surface area contributed by atoms with Crippen molar-refractivity contribution in [2.24, 2.45) is 0 Å². The van der Waals surface area contributed by atoms with Crippen LogP contribution in [0.2, 0.25) is 0 Å². The van der Waals surface area contributed by atoms with E-state index in [0.717, 1.165) is 21.9 Å². The lowest BCUT2D eigenvalue weighted by Gasteiger charge is -2.29. The summed E-state index contributed by atoms with van der Waals surface area (Å²) in [7, 11) is 4.13. The monoisotopic (exact) mass is 584 g/mol. The molecule has 0 spiro atoms. The van der Waals surface area contributed by atoms with Crippen molar-refractivity contribution in [3.63, 3.8) is 0 Å². The summed E-state index contributed by atoms with van der Waals surface area (Å²) in [5.74, 6) is -4.85. The molecule has 1 aromatic rings. The van der Waals surface area contributed by atoms with E-state index in [2.05, 4.69) is 5.32 Å². The molecule has 14 heteroatoms. The molecule has 0 radical (unpaired) electrons. The van der Waals surface area contributed by atoms with Gasteiger partial charge in [0.05, 0.1) is 11.6 Å². The number of benzene rings is 1. The van der Waals surface area contributed by atoms with E-state index in [4.69, 9.17) is 14.6 Å². The lowest BCUT2D eigenvalue weighted by atomic mass is 10.1. The second-order valence-electron chi connectivity index (χ2n) is 10.4. The molecular weight excluding hydrogens is 543 g/mol. The fourth-order valence-electron chi connectivity index (χ4n) is 3.69. The predicted molar refractivity (Wildman–Crippen MR) is 146 cm³/mol. The number of carboxylic acid groups (broad SMARTS) is 2. The SMILES string of the molecule is CCN(C[C@@H](COc1ccc(F)cc1C(=O)N(C)C(CCC(=O)N(C)CC(=O)O)C(=O)O)NC)C(=O)OC(C)(C)C. The minimum atomic E-state index is -1.46. The zero-order valence-corrected chi connectivity index (χ0v) is 24.6. The molecule has 0 bridgehead atoms. The number of carboxylic acids is 2. The number of hydrogen-bond acceptors (Lipinski definition) is 8. The Morgan fingerprint density at radius 3 is 2.24 bits per heavy atom. The van der Waals surface area contributed by atoms with Gasteiger partial charge < -0.3 is 39.7 Å². The maximum Gasteiger partial charge on any atom is 0.410 e. The summed E-state index contributed by atoms with van der Waals surface area (Å²) in [5.41, 5.74) is -0.913. The lowest BCUT2D eigenvalue weighted by Crippen LogP contribution is -2.47. The Morgan fingerprint density at radius 2 is 1.73 bits per heavy atom. The van der Waals surface area contributed by atoms with Crippen LogP contribution in [0.5, 0.6) is 5.75 Å². The van der Waals surface area contributed by atoms with Crippen molar-refractivity contribution in [2.45, 2.75) is 58.2 Å². The number of carbonyl (C=O) groups is 5. The van der Waals surface area contributed by atoms with Gasteiger partial charge in [-0.1, -0.05) is 0 Å². The number of ether oxygens (including phenoxy) is 2. The van der Waals surface area contributed by atoms with Crippen LogP contribution in [0.3, 0.4) is 0 Å². The largest absolute Gasteiger partial charge is 0.491 e. The van der Waals surface area contributed by atoms with Gasteiger partial charge in [0.25, 0.3) is 5.91 Å². The smallest absolute Gasteiger partial charge is 0.410 e. The Hall–Kier alpha value is -3.94. The van der Waals surface area contributed by atoms with Crippen LogP contribution in [0.4, 0.5) is 9.18 Å². The standard InChI is InChI=1S/C27H41FN4O9/c1-8-32(26(39)41-27(2,3)4)14-18(29-5)16-40-21-11-9-17(28)13-19(21)24(36)31(7)20(25(37)38)10-12-22(33)30(6)15-23(34)35/h9,11,13,18,20,29H,8,10,12,14-16H2,1-7H3,(H,34,35)(H,37,38)/t18-,20?/m0/s1. The molecule has 0 aliphatic heterocycles. The highest BCUT2D eigenvalue weighted by atomic mass is 19.1. The third kappa shape index (κ3) is 11.6. The first-order valence-electron chi connectivity index (χ1n) is 13.0. The lowest BCUT2D eigenvalue weighted by molar-refractivity contribution is -0.145. The van der Waals surface area contributed by atoms with Gasteiger partial charge in [0.2, 0.25) is 5.91 Å². The Bertz CT molecular complexity index is 1090. The molecule has 1 unspecified atom stereocenters. The van der Waals surface area contributed by atoms with Gasteiger partial charge in [-0.3, -0.25) is 14.4 Å². The van der Waals surface area contributed by atoms with Gasteiger partial charge >= 0.3 is 18.0 Å². The first-order chi connectivity index (χ1) is 19.0. The fourth-order valence-corrected chi connectivity index (χ4v) is 3.69. The number of carbonyl (C=O) groups excluding carboxylic acids is 3. The Kier molecular flexibility index (Phi) is 13.5. The first-order valence-corrected chi connectivity index (χ1v) is 13.0. The molecule has 2 atom stereocenters. The second-order valence-corrected chi connectivity index (χ2v) is 10.4. The molecule has 0 aliphatic rings. The van der Waals surface area contributed by atoms with Crippen LogP contribution in [0.1, 0.15) is 50.9 Å². The van der Waals surface area contributed by atoms with E-state index >= 15 is 0 Å². The number of aliphatic carboxylic acids is 2. The molecule has 0 fully saturated rings. The van der Waals surface area contributed by atoms with Crippen molar-refractivity contribution in [2.75, 3.05) is 47.4 Å². The molecule has 1 rings (SSSR count). The molecule has 3 amide bonds. The number of nitrogens with zero attached hydrogens (tertiary/aromatic N) is 3. The average molecular weight is 585 g/mol. The molecule has 41 heavy (non-hydrogen) atoms. The van der Waals surface area contributed by atoms with Crippen LogP contribution in [-0.4, -0.2) is 120 Å². The molecule has 0 heterocycles. The van der Waals surface area contributed by atoms with Gasteiger partial charge in [-0.05, 0) is 59.4 Å². The van der Waals surface area contributed by atoms with Crippen LogP contribution < -0.4 is 10.1 Å².